The maximum Gasteiger partial charge on any atom is 0.390 e. The van der Waals surface area contributed by atoms with Crippen LogP contribution in [0.2, 0.25) is 0 Å². The number of aliphatic hydroxyl groups excluding tert-OH is 1. The second kappa shape index (κ2) is 5.59. The van der Waals surface area contributed by atoms with Crippen molar-refractivity contribution in [2.45, 2.75) is 57.2 Å². The lowest BCUT2D eigenvalue weighted by atomic mass is 9.58. The number of hydrogen-bond acceptors (Lipinski definition) is 3. The average Bonchev–Trinajstić information content (AvgIpc) is 2.31. The van der Waals surface area contributed by atoms with Gasteiger partial charge in [0.1, 0.15) is 5.78 Å². The van der Waals surface area contributed by atoms with Crippen LogP contribution in [0.5, 0.6) is 0 Å². The molecule has 0 aromatic carbocycles. The van der Waals surface area contributed by atoms with Gasteiger partial charge in [0.05, 0.1) is 18.9 Å². The van der Waals surface area contributed by atoms with Gasteiger partial charge >= 0.3 is 12.1 Å². The summed E-state index contributed by atoms with van der Waals surface area (Å²) in [5, 5.41) is 18.5. The zero-order valence-corrected chi connectivity index (χ0v) is 11.5. The third kappa shape index (κ3) is 3.56. The molecule has 21 heavy (non-hydrogen) atoms. The number of carbonyl (C=O) groups excluding carboxylic acids is 1. The van der Waals surface area contributed by atoms with E-state index in [0.29, 0.717) is 25.7 Å². The average molecular weight is 308 g/mol. The van der Waals surface area contributed by atoms with Gasteiger partial charge in [-0.15, -0.1) is 0 Å². The van der Waals surface area contributed by atoms with E-state index in [-0.39, 0.29) is 12.3 Å². The molecule has 0 spiro atoms. The van der Waals surface area contributed by atoms with E-state index in [9.17, 15) is 27.9 Å². The summed E-state index contributed by atoms with van der Waals surface area (Å²) < 4.78 is 38.4. The lowest BCUT2D eigenvalue weighted by molar-refractivity contribution is -0.181. The summed E-state index contributed by atoms with van der Waals surface area (Å²) in [7, 11) is 0. The highest BCUT2D eigenvalue weighted by molar-refractivity contribution is 5.91. The Morgan fingerprint density at radius 2 is 1.95 bits per heavy atom. The molecule has 2 rings (SSSR count). The molecule has 0 amide bonds. The summed E-state index contributed by atoms with van der Waals surface area (Å²) in [5.41, 5.74) is -1.83. The van der Waals surface area contributed by atoms with Crippen LogP contribution in [0.4, 0.5) is 13.2 Å². The second-order valence-electron chi connectivity index (χ2n) is 6.38. The first kappa shape index (κ1) is 16.3. The lowest BCUT2D eigenvalue weighted by Crippen LogP contribution is -2.49. The van der Waals surface area contributed by atoms with Gasteiger partial charge in [-0.3, -0.25) is 9.59 Å². The van der Waals surface area contributed by atoms with Crippen LogP contribution in [0.25, 0.3) is 0 Å². The van der Waals surface area contributed by atoms with E-state index < -0.39 is 48.2 Å². The monoisotopic (exact) mass is 308 g/mol. The molecule has 0 saturated heterocycles. The van der Waals surface area contributed by atoms with Crippen molar-refractivity contribution in [2.75, 3.05) is 0 Å². The number of hydrogen-bond donors (Lipinski definition) is 2. The van der Waals surface area contributed by atoms with Crippen molar-refractivity contribution >= 4 is 11.8 Å². The first-order valence-electron chi connectivity index (χ1n) is 7.14. The molecule has 0 aromatic heterocycles. The number of ketones is 1. The van der Waals surface area contributed by atoms with Crippen molar-refractivity contribution < 1.29 is 33.0 Å². The minimum absolute atomic E-state index is 0.0640. The molecule has 0 unspecified atom stereocenters. The van der Waals surface area contributed by atoms with Gasteiger partial charge in [0, 0.05) is 11.3 Å². The fourth-order valence-corrected chi connectivity index (χ4v) is 3.97. The zero-order chi connectivity index (χ0) is 15.8. The van der Waals surface area contributed by atoms with E-state index >= 15 is 0 Å². The molecule has 0 radical (unpaired) electrons. The molecule has 0 aliphatic heterocycles. The lowest BCUT2D eigenvalue weighted by Gasteiger charge is -2.45. The SMILES string of the molecule is O=C(O)C[C@]1(CC(F)(F)F)CC[C@H]2C[C@@H](O)CC[C@@H]2C1=O. The number of rotatable bonds is 3. The Morgan fingerprint density at radius 1 is 1.29 bits per heavy atom. The van der Waals surface area contributed by atoms with E-state index in [4.69, 9.17) is 5.11 Å². The van der Waals surface area contributed by atoms with Crippen molar-refractivity contribution in [3.8, 4) is 0 Å². The largest absolute Gasteiger partial charge is 0.481 e. The highest BCUT2D eigenvalue weighted by Crippen LogP contribution is 2.51. The Hall–Kier alpha value is -1.11. The van der Waals surface area contributed by atoms with Crippen molar-refractivity contribution in [1.82, 2.24) is 0 Å². The van der Waals surface area contributed by atoms with Crippen LogP contribution in [0.15, 0.2) is 0 Å². The normalized spacial score (nSPS) is 37.1. The van der Waals surface area contributed by atoms with Gasteiger partial charge in [-0.1, -0.05) is 0 Å². The standard InChI is InChI=1S/C14H19F3O4/c15-14(16,17)7-13(6-11(19)20)4-3-8-5-9(18)1-2-10(8)12(13)21/h8-10,18H,1-7H2,(H,19,20)/t8-,9-,10-,13-/m0/s1. The number of carboxylic acid groups (broad SMARTS) is 1. The van der Waals surface area contributed by atoms with Gasteiger partial charge in [0.25, 0.3) is 0 Å². The Bertz CT molecular complexity index is 434. The Labute approximate surface area is 120 Å². The maximum absolute atomic E-state index is 12.8. The molecule has 7 heteroatoms. The molecule has 2 aliphatic carbocycles. The van der Waals surface area contributed by atoms with Crippen LogP contribution >= 0.6 is 0 Å². The molecule has 0 bridgehead atoms. The summed E-state index contributed by atoms with van der Waals surface area (Å²) in [4.78, 5) is 23.5. The Balaban J connectivity index is 2.25. The van der Waals surface area contributed by atoms with Crippen molar-refractivity contribution in [2.24, 2.45) is 17.3 Å². The topological polar surface area (TPSA) is 74.6 Å². The van der Waals surface area contributed by atoms with Gasteiger partial charge in [0.2, 0.25) is 0 Å². The zero-order valence-electron chi connectivity index (χ0n) is 11.5. The van der Waals surface area contributed by atoms with Crippen molar-refractivity contribution in [3.05, 3.63) is 0 Å². The van der Waals surface area contributed by atoms with Gasteiger partial charge in [-0.05, 0) is 38.0 Å². The molecule has 2 fully saturated rings. The molecular formula is C14H19F3O4. The van der Waals surface area contributed by atoms with Gasteiger partial charge < -0.3 is 10.2 Å². The number of fused-ring (bicyclic) bond motifs is 1. The van der Waals surface area contributed by atoms with E-state index in [1.165, 1.54) is 0 Å². The fraction of sp³-hybridized carbons (Fsp3) is 0.857. The third-order valence-electron chi connectivity index (χ3n) is 4.84. The number of alkyl halides is 3. The smallest absolute Gasteiger partial charge is 0.390 e. The summed E-state index contributed by atoms with van der Waals surface area (Å²) in [6.45, 7) is 0. The van der Waals surface area contributed by atoms with Gasteiger partial charge in [0.15, 0.2) is 0 Å². The number of aliphatic hydroxyl groups is 1. The second-order valence-corrected chi connectivity index (χ2v) is 6.38. The van der Waals surface area contributed by atoms with Crippen molar-refractivity contribution in [1.29, 1.82) is 0 Å². The van der Waals surface area contributed by atoms with Crippen molar-refractivity contribution in [3.63, 3.8) is 0 Å². The van der Waals surface area contributed by atoms with Crippen LogP contribution in [-0.2, 0) is 9.59 Å². The van der Waals surface area contributed by atoms with Crippen LogP contribution in [0.3, 0.4) is 0 Å². The molecule has 2 aliphatic rings. The molecule has 4 atom stereocenters. The number of halogens is 3. The molecular weight excluding hydrogens is 289 g/mol. The highest BCUT2D eigenvalue weighted by atomic mass is 19.4. The maximum atomic E-state index is 12.8. The molecule has 4 nitrogen and oxygen atoms in total. The van der Waals surface area contributed by atoms with Gasteiger partial charge in [-0.2, -0.15) is 13.2 Å². The summed E-state index contributed by atoms with van der Waals surface area (Å²) in [6, 6.07) is 0. The van der Waals surface area contributed by atoms with E-state index in [2.05, 4.69) is 0 Å². The molecule has 0 aromatic rings. The van der Waals surface area contributed by atoms with E-state index in [1.807, 2.05) is 0 Å². The van der Waals surface area contributed by atoms with Crippen LogP contribution in [-0.4, -0.2) is 34.2 Å². The molecule has 0 heterocycles. The number of Topliss-reactive ketones (excluding diaryl/α,β-unsaturated/α-hetero) is 1. The molecule has 2 N–H and O–H groups in total. The van der Waals surface area contributed by atoms with Crippen LogP contribution < -0.4 is 0 Å². The number of carboxylic acids is 1. The number of aliphatic carboxylic acids is 1. The summed E-state index contributed by atoms with van der Waals surface area (Å²) >= 11 is 0. The molecule has 120 valence electrons. The van der Waals surface area contributed by atoms with Crippen LogP contribution in [0.1, 0.15) is 44.9 Å². The minimum Gasteiger partial charge on any atom is -0.481 e. The molecule has 2 saturated carbocycles. The van der Waals surface area contributed by atoms with Crippen LogP contribution in [0, 0.1) is 17.3 Å². The highest BCUT2D eigenvalue weighted by Gasteiger charge is 2.55. The number of carbonyl (C=O) groups is 2. The summed E-state index contributed by atoms with van der Waals surface area (Å²) in [6.07, 6.45) is -5.73. The van der Waals surface area contributed by atoms with Gasteiger partial charge in [-0.25, -0.2) is 0 Å². The van der Waals surface area contributed by atoms with E-state index in [1.54, 1.807) is 0 Å². The predicted octanol–water partition coefficient (Wildman–Crippen LogP) is 2.54. The first-order chi connectivity index (χ1) is 9.63. The third-order valence-corrected chi connectivity index (χ3v) is 4.84. The first-order valence-corrected chi connectivity index (χ1v) is 7.14. The Kier molecular flexibility index (Phi) is 4.33. The quantitative estimate of drug-likeness (QED) is 0.840. The summed E-state index contributed by atoms with van der Waals surface area (Å²) in [5.74, 6) is -2.59. The van der Waals surface area contributed by atoms with E-state index in [0.717, 1.165) is 0 Å². The fourth-order valence-electron chi connectivity index (χ4n) is 3.97. The Morgan fingerprint density at radius 3 is 2.52 bits per heavy atom. The predicted molar refractivity (Wildman–Crippen MR) is 66.4 cm³/mol. The minimum atomic E-state index is -4.56.